The monoisotopic (exact) mass is 275 g/mol. The molecule has 3 rings (SSSR count). The number of hydrogen-bond donors (Lipinski definition) is 1. The van der Waals surface area contributed by atoms with E-state index in [0.29, 0.717) is 12.1 Å². The van der Waals surface area contributed by atoms with Crippen LogP contribution in [-0.4, -0.2) is 41.8 Å². The number of ether oxygens (including phenoxy) is 1. The molecule has 2 aliphatic heterocycles. The van der Waals surface area contributed by atoms with Crippen LogP contribution in [0.15, 0.2) is 29.3 Å². The normalized spacial score (nSPS) is 27.3. The van der Waals surface area contributed by atoms with E-state index in [-0.39, 0.29) is 23.9 Å². The van der Waals surface area contributed by atoms with Crippen LogP contribution in [0.4, 0.5) is 5.69 Å². The van der Waals surface area contributed by atoms with Gasteiger partial charge in [-0.1, -0.05) is 0 Å². The van der Waals surface area contributed by atoms with Gasteiger partial charge in [0.1, 0.15) is 12.1 Å². The van der Waals surface area contributed by atoms with Gasteiger partial charge in [-0.3, -0.25) is 15.1 Å². The molecule has 1 fully saturated rings. The van der Waals surface area contributed by atoms with Gasteiger partial charge in [-0.2, -0.15) is 0 Å². The Kier molecular flexibility index (Phi) is 3.19. The fourth-order valence-electron chi connectivity index (χ4n) is 2.52. The molecular formula is C13H13N3O4. The van der Waals surface area contributed by atoms with E-state index in [2.05, 4.69) is 10.3 Å². The molecule has 0 aromatic heterocycles. The molecule has 0 spiro atoms. The van der Waals surface area contributed by atoms with E-state index in [1.807, 2.05) is 6.21 Å². The second kappa shape index (κ2) is 5.01. The minimum Gasteiger partial charge on any atom is -0.455 e. The SMILES string of the molecule is O=C(OC1CNC2CC=NC21)c1ccc([N+](=O)[O-])cc1. The maximum absolute atomic E-state index is 12.0. The summed E-state index contributed by atoms with van der Waals surface area (Å²) >= 11 is 0. The lowest BCUT2D eigenvalue weighted by Crippen LogP contribution is -2.30. The van der Waals surface area contributed by atoms with Crippen molar-refractivity contribution in [1.29, 1.82) is 0 Å². The summed E-state index contributed by atoms with van der Waals surface area (Å²) in [6.45, 7) is 0.589. The number of nitro groups is 1. The Morgan fingerprint density at radius 1 is 1.40 bits per heavy atom. The summed E-state index contributed by atoms with van der Waals surface area (Å²) < 4.78 is 5.43. The number of carbonyl (C=O) groups excluding carboxylic acids is 1. The Hall–Kier alpha value is -2.28. The molecule has 1 aromatic carbocycles. The third kappa shape index (κ3) is 2.27. The van der Waals surface area contributed by atoms with Gasteiger partial charge in [0.15, 0.2) is 0 Å². The number of rotatable bonds is 3. The van der Waals surface area contributed by atoms with E-state index in [0.717, 1.165) is 6.42 Å². The van der Waals surface area contributed by atoms with Crippen molar-refractivity contribution in [1.82, 2.24) is 5.32 Å². The molecule has 0 radical (unpaired) electrons. The molecule has 104 valence electrons. The molecule has 0 amide bonds. The van der Waals surface area contributed by atoms with Crippen LogP contribution in [0, 0.1) is 10.1 Å². The van der Waals surface area contributed by atoms with Gasteiger partial charge < -0.3 is 10.1 Å². The van der Waals surface area contributed by atoms with Gasteiger partial charge in [-0.05, 0) is 18.6 Å². The van der Waals surface area contributed by atoms with E-state index in [1.54, 1.807) is 0 Å². The fourth-order valence-corrected chi connectivity index (χ4v) is 2.52. The molecule has 3 unspecified atom stereocenters. The summed E-state index contributed by atoms with van der Waals surface area (Å²) in [6, 6.07) is 5.62. The number of carbonyl (C=O) groups is 1. The van der Waals surface area contributed by atoms with Crippen LogP contribution in [0.5, 0.6) is 0 Å². The average molecular weight is 275 g/mol. The molecule has 20 heavy (non-hydrogen) atoms. The highest BCUT2D eigenvalue weighted by Gasteiger charge is 2.40. The second-order valence-corrected chi connectivity index (χ2v) is 4.82. The van der Waals surface area contributed by atoms with E-state index < -0.39 is 10.9 Å². The highest BCUT2D eigenvalue weighted by Crippen LogP contribution is 2.23. The summed E-state index contributed by atoms with van der Waals surface area (Å²) in [5.74, 6) is -0.477. The van der Waals surface area contributed by atoms with Crippen molar-refractivity contribution >= 4 is 17.9 Å². The van der Waals surface area contributed by atoms with Gasteiger partial charge in [-0.25, -0.2) is 4.79 Å². The molecule has 1 saturated heterocycles. The third-order valence-electron chi connectivity index (χ3n) is 3.58. The van der Waals surface area contributed by atoms with Crippen LogP contribution < -0.4 is 5.32 Å². The van der Waals surface area contributed by atoms with Crippen LogP contribution in [0.3, 0.4) is 0 Å². The number of aliphatic imine (C=N–C) groups is 1. The summed E-state index contributed by atoms with van der Waals surface area (Å²) in [5, 5.41) is 13.8. The Bertz CT molecular complexity index is 569. The molecule has 3 atom stereocenters. The van der Waals surface area contributed by atoms with Crippen molar-refractivity contribution in [2.75, 3.05) is 6.54 Å². The number of nitro benzene ring substituents is 1. The first-order valence-electron chi connectivity index (χ1n) is 6.35. The Morgan fingerprint density at radius 3 is 2.85 bits per heavy atom. The zero-order valence-electron chi connectivity index (χ0n) is 10.6. The first-order valence-corrected chi connectivity index (χ1v) is 6.35. The molecule has 2 heterocycles. The lowest BCUT2D eigenvalue weighted by Gasteiger charge is -2.16. The van der Waals surface area contributed by atoms with Crippen LogP contribution in [0.25, 0.3) is 0 Å². The summed E-state index contributed by atoms with van der Waals surface area (Å²) in [6.07, 6.45) is 2.42. The van der Waals surface area contributed by atoms with E-state index in [1.165, 1.54) is 24.3 Å². The summed E-state index contributed by atoms with van der Waals surface area (Å²) in [7, 11) is 0. The fraction of sp³-hybridized carbons (Fsp3) is 0.385. The average Bonchev–Trinajstić information content (AvgIpc) is 3.04. The lowest BCUT2D eigenvalue weighted by molar-refractivity contribution is -0.384. The van der Waals surface area contributed by atoms with Crippen molar-refractivity contribution in [3.05, 3.63) is 39.9 Å². The van der Waals surface area contributed by atoms with Crippen LogP contribution in [0.1, 0.15) is 16.8 Å². The van der Waals surface area contributed by atoms with Gasteiger partial charge in [0, 0.05) is 30.9 Å². The maximum atomic E-state index is 12.0. The zero-order valence-corrected chi connectivity index (χ0v) is 10.6. The largest absolute Gasteiger partial charge is 0.455 e. The molecule has 7 nitrogen and oxygen atoms in total. The minimum absolute atomic E-state index is 0.0167. The van der Waals surface area contributed by atoms with Crippen molar-refractivity contribution in [2.24, 2.45) is 4.99 Å². The van der Waals surface area contributed by atoms with Gasteiger partial charge in [-0.15, -0.1) is 0 Å². The third-order valence-corrected chi connectivity index (χ3v) is 3.58. The molecule has 0 saturated carbocycles. The maximum Gasteiger partial charge on any atom is 0.338 e. The Balaban J connectivity index is 1.67. The van der Waals surface area contributed by atoms with Gasteiger partial charge in [0.2, 0.25) is 0 Å². The number of hydrogen-bond acceptors (Lipinski definition) is 6. The molecule has 7 heteroatoms. The number of fused-ring (bicyclic) bond motifs is 1. The van der Waals surface area contributed by atoms with Crippen LogP contribution >= 0.6 is 0 Å². The van der Waals surface area contributed by atoms with E-state index >= 15 is 0 Å². The standard InChI is InChI=1S/C13H13N3O4/c17-13(8-1-3-9(4-2-8)16(18)19)20-11-7-15-10-5-6-14-12(10)11/h1-4,6,10-12,15H,5,7H2. The quantitative estimate of drug-likeness (QED) is 0.503. The van der Waals surface area contributed by atoms with Crippen molar-refractivity contribution in [3.63, 3.8) is 0 Å². The van der Waals surface area contributed by atoms with E-state index in [4.69, 9.17) is 4.74 Å². The summed E-state index contributed by atoms with van der Waals surface area (Å²) in [5.41, 5.74) is 0.255. The molecule has 1 aromatic rings. The first kappa shape index (κ1) is 12.7. The van der Waals surface area contributed by atoms with Crippen molar-refractivity contribution in [2.45, 2.75) is 24.6 Å². The molecular weight excluding hydrogens is 262 g/mol. The highest BCUT2D eigenvalue weighted by molar-refractivity contribution is 5.89. The second-order valence-electron chi connectivity index (χ2n) is 4.82. The first-order chi connectivity index (χ1) is 9.65. The molecule has 0 bridgehead atoms. The molecule has 2 aliphatic rings. The number of benzene rings is 1. The zero-order chi connectivity index (χ0) is 14.1. The van der Waals surface area contributed by atoms with Gasteiger partial charge in [0.25, 0.3) is 5.69 Å². The van der Waals surface area contributed by atoms with Crippen molar-refractivity contribution < 1.29 is 14.5 Å². The Labute approximate surface area is 114 Å². The summed E-state index contributed by atoms with van der Waals surface area (Å²) in [4.78, 5) is 26.4. The van der Waals surface area contributed by atoms with Crippen LogP contribution in [-0.2, 0) is 4.74 Å². The predicted octanol–water partition coefficient (Wildman–Crippen LogP) is 0.935. The smallest absolute Gasteiger partial charge is 0.338 e. The number of nitrogens with one attached hydrogen (secondary N) is 1. The highest BCUT2D eigenvalue weighted by atomic mass is 16.6. The molecule has 0 aliphatic carbocycles. The minimum atomic E-state index is -0.506. The van der Waals surface area contributed by atoms with E-state index in [9.17, 15) is 14.9 Å². The van der Waals surface area contributed by atoms with Crippen molar-refractivity contribution in [3.8, 4) is 0 Å². The lowest BCUT2D eigenvalue weighted by atomic mass is 10.1. The van der Waals surface area contributed by atoms with Gasteiger partial charge in [0.05, 0.1) is 10.5 Å². The topological polar surface area (TPSA) is 93.8 Å². The van der Waals surface area contributed by atoms with Crippen LogP contribution in [0.2, 0.25) is 0 Å². The number of non-ortho nitro benzene ring substituents is 1. The Morgan fingerprint density at radius 2 is 2.15 bits per heavy atom. The number of esters is 1. The molecule has 1 N–H and O–H groups in total. The van der Waals surface area contributed by atoms with Gasteiger partial charge >= 0.3 is 5.97 Å². The predicted molar refractivity (Wildman–Crippen MR) is 71.0 cm³/mol. The number of nitrogens with zero attached hydrogens (tertiary/aromatic N) is 2.